The first kappa shape index (κ1) is 16.8. The summed E-state index contributed by atoms with van der Waals surface area (Å²) in [7, 11) is 0. The molecule has 76 valence electrons. The maximum atomic E-state index is 4.83. The zero-order valence-corrected chi connectivity index (χ0v) is 12.2. The molecule has 0 aliphatic heterocycles. The molecule has 0 bridgehead atoms. The van der Waals surface area contributed by atoms with Gasteiger partial charge < -0.3 is 21.7 Å². The van der Waals surface area contributed by atoms with Gasteiger partial charge in [-0.15, -0.1) is 0 Å². The first-order chi connectivity index (χ1) is 6.20. The van der Waals surface area contributed by atoms with Crippen molar-refractivity contribution in [2.24, 2.45) is 0 Å². The zero-order chi connectivity index (χ0) is 10.1. The van der Waals surface area contributed by atoms with Gasteiger partial charge in [0.15, 0.2) is 0 Å². The monoisotopic (exact) mass is 268 g/mol. The fourth-order valence-electron chi connectivity index (χ4n) is 0.792. The molecule has 0 fully saturated rings. The van der Waals surface area contributed by atoms with Gasteiger partial charge in [0.25, 0.3) is 0 Å². The largest absolute Gasteiger partial charge is 1.00 e. The molecule has 1 nitrogen and oxygen atoms in total. The van der Waals surface area contributed by atoms with Crippen LogP contribution in [0.5, 0.6) is 0 Å². The van der Waals surface area contributed by atoms with Crippen LogP contribution in [0.25, 0.3) is 0 Å². The number of aryl methyl sites for hydroxylation is 1. The molecular weight excluding hydrogens is 252 g/mol. The Kier molecular flexibility index (Phi) is 13.8. The second-order valence-electron chi connectivity index (χ2n) is 2.77. The van der Waals surface area contributed by atoms with E-state index in [1.54, 1.807) is 0 Å². The minimum Gasteiger partial charge on any atom is -1.00 e. The van der Waals surface area contributed by atoms with Gasteiger partial charge in [-0.2, -0.15) is 0 Å². The fourth-order valence-corrected chi connectivity index (χ4v) is 1.03. The van der Waals surface area contributed by atoms with Gasteiger partial charge in [-0.25, -0.2) is 0 Å². The Labute approximate surface area is 110 Å². The summed E-state index contributed by atoms with van der Waals surface area (Å²) in [5.74, 6) is 0. The first-order valence-electron chi connectivity index (χ1n) is 4.67. The van der Waals surface area contributed by atoms with Crippen LogP contribution in [0.3, 0.4) is 0 Å². The van der Waals surface area contributed by atoms with E-state index in [1.165, 1.54) is 9.26 Å². The molecule has 0 saturated heterocycles. The number of hydrogen-bond donors (Lipinski definition) is 0. The standard InChI is InChI=1S/C7H7.C4H10O.BrH.Mg/c1-7-5-3-2-4-6-7;1-3-5-4-2;;/h3-6H,1H3;3-4H2,1-2H3;1H;/q;;;+1/p-1. The Morgan fingerprint density at radius 1 is 1.07 bits per heavy atom. The quantitative estimate of drug-likeness (QED) is 0.615. The average molecular weight is 269 g/mol. The van der Waals surface area contributed by atoms with Crippen molar-refractivity contribution < 1.29 is 21.7 Å². The molecule has 1 rings (SSSR count). The summed E-state index contributed by atoms with van der Waals surface area (Å²) in [6.45, 7) is 7.77. The Bertz CT molecular complexity index is 188. The van der Waals surface area contributed by atoms with E-state index in [2.05, 4.69) is 31.2 Å². The molecular formula is C11H17BrMgO. The van der Waals surface area contributed by atoms with E-state index in [-0.39, 0.29) is 17.0 Å². The molecule has 0 unspecified atom stereocenters. The van der Waals surface area contributed by atoms with Crippen molar-refractivity contribution in [2.45, 2.75) is 20.8 Å². The smallest absolute Gasteiger partial charge is 1.00 e. The molecule has 0 N–H and O–H groups in total. The van der Waals surface area contributed by atoms with Crippen LogP contribution in [0.2, 0.25) is 0 Å². The molecule has 1 aromatic rings. The van der Waals surface area contributed by atoms with E-state index in [1.807, 2.05) is 35.6 Å². The van der Waals surface area contributed by atoms with Gasteiger partial charge in [0.2, 0.25) is 0 Å². The maximum Gasteiger partial charge on any atom is -1.00 e. The third kappa shape index (κ3) is 10.5. The number of benzene rings is 1. The van der Waals surface area contributed by atoms with Crippen molar-refractivity contribution in [2.75, 3.05) is 13.2 Å². The van der Waals surface area contributed by atoms with Gasteiger partial charge >= 0.3 is 62.2 Å². The Morgan fingerprint density at radius 3 is 1.71 bits per heavy atom. The van der Waals surface area contributed by atoms with Gasteiger partial charge in [0.05, 0.1) is 0 Å². The van der Waals surface area contributed by atoms with Gasteiger partial charge in [-0.3, -0.25) is 0 Å². The van der Waals surface area contributed by atoms with Crippen LogP contribution in [0.1, 0.15) is 19.4 Å². The van der Waals surface area contributed by atoms with E-state index in [0.29, 0.717) is 0 Å². The second-order valence-corrected chi connectivity index (χ2v) is 3.58. The molecule has 0 spiro atoms. The van der Waals surface area contributed by atoms with Gasteiger partial charge in [-0.1, -0.05) is 0 Å². The molecule has 0 aliphatic carbocycles. The minimum atomic E-state index is 0. The van der Waals surface area contributed by atoms with Crippen LogP contribution in [0.4, 0.5) is 0 Å². The molecule has 0 aliphatic rings. The predicted octanol–water partition coefficient (Wildman–Crippen LogP) is -1.16. The van der Waals surface area contributed by atoms with Crippen molar-refractivity contribution in [3.8, 4) is 0 Å². The van der Waals surface area contributed by atoms with Crippen molar-refractivity contribution in [3.63, 3.8) is 0 Å². The second kappa shape index (κ2) is 11.5. The molecule has 14 heavy (non-hydrogen) atoms. The number of halogens is 1. The number of ether oxygens (including phenoxy) is 1. The zero-order valence-electron chi connectivity index (χ0n) is 9.22. The average Bonchev–Trinajstić information content (AvgIpc) is 2.13. The summed E-state index contributed by atoms with van der Waals surface area (Å²) < 4.78 is 6.19. The summed E-state index contributed by atoms with van der Waals surface area (Å²) in [5.41, 5.74) is 1.33. The van der Waals surface area contributed by atoms with Crippen LogP contribution in [0.15, 0.2) is 24.3 Å². The van der Waals surface area contributed by atoms with Crippen LogP contribution in [-0.2, 0) is 4.74 Å². The third-order valence-corrected chi connectivity index (χ3v) is 2.00. The SMILES string of the molecule is CCOCC.Cc1cc[c]([Mg+])cc1.[Br-]. The summed E-state index contributed by atoms with van der Waals surface area (Å²) >= 11 is 1.91. The summed E-state index contributed by atoms with van der Waals surface area (Å²) in [6, 6.07) is 8.52. The summed E-state index contributed by atoms with van der Waals surface area (Å²) in [5, 5.41) is 0. The molecule has 0 saturated carbocycles. The summed E-state index contributed by atoms with van der Waals surface area (Å²) in [6.07, 6.45) is 0. The number of rotatable bonds is 2. The first-order valence-corrected chi connectivity index (χ1v) is 5.37. The van der Waals surface area contributed by atoms with E-state index in [0.717, 1.165) is 13.2 Å². The normalized spacial score (nSPS) is 8.36. The topological polar surface area (TPSA) is 9.23 Å². The van der Waals surface area contributed by atoms with Gasteiger partial charge in [0, 0.05) is 13.2 Å². The summed E-state index contributed by atoms with van der Waals surface area (Å²) in [4.78, 5) is 0. The molecule has 0 radical (unpaired) electrons. The van der Waals surface area contributed by atoms with E-state index >= 15 is 0 Å². The Balaban J connectivity index is 0. The predicted molar refractivity (Wildman–Crippen MR) is 58.7 cm³/mol. The van der Waals surface area contributed by atoms with Crippen molar-refractivity contribution in [1.29, 1.82) is 0 Å². The number of hydrogen-bond acceptors (Lipinski definition) is 1. The van der Waals surface area contributed by atoms with Gasteiger partial charge in [0.1, 0.15) is 0 Å². The van der Waals surface area contributed by atoms with Crippen LogP contribution < -0.4 is 20.7 Å². The molecule has 0 aromatic heterocycles. The Hall–Kier alpha value is 0.426. The maximum absolute atomic E-state index is 4.83. The third-order valence-electron chi connectivity index (χ3n) is 1.53. The van der Waals surface area contributed by atoms with Crippen LogP contribution >= 0.6 is 0 Å². The van der Waals surface area contributed by atoms with Crippen LogP contribution in [-0.4, -0.2) is 34.9 Å². The van der Waals surface area contributed by atoms with Crippen molar-refractivity contribution in [1.82, 2.24) is 0 Å². The van der Waals surface area contributed by atoms with E-state index in [9.17, 15) is 0 Å². The molecule has 3 heteroatoms. The van der Waals surface area contributed by atoms with E-state index < -0.39 is 0 Å². The minimum absolute atomic E-state index is 0. The van der Waals surface area contributed by atoms with Crippen molar-refractivity contribution in [3.05, 3.63) is 29.8 Å². The molecule has 0 amide bonds. The van der Waals surface area contributed by atoms with Crippen LogP contribution in [0, 0.1) is 6.92 Å². The molecule has 1 aromatic carbocycles. The van der Waals surface area contributed by atoms with Crippen molar-refractivity contribution >= 4 is 25.4 Å². The Morgan fingerprint density at radius 2 is 1.50 bits per heavy atom. The molecule has 0 heterocycles. The van der Waals surface area contributed by atoms with E-state index in [4.69, 9.17) is 4.74 Å². The van der Waals surface area contributed by atoms with Gasteiger partial charge in [-0.05, 0) is 13.8 Å². The fraction of sp³-hybridized carbons (Fsp3) is 0.455. The molecule has 0 atom stereocenters.